The minimum Gasteiger partial charge on any atom is -0.383 e. The van der Waals surface area contributed by atoms with E-state index in [1.54, 1.807) is 0 Å². The number of halogens is 1. The Hall–Kier alpha value is -0.0400. The van der Waals surface area contributed by atoms with E-state index in [0.29, 0.717) is 17.0 Å². The Morgan fingerprint density at radius 2 is 2.18 bits per heavy atom. The van der Waals surface area contributed by atoms with E-state index in [-0.39, 0.29) is 0 Å². The first-order valence-corrected chi connectivity index (χ1v) is 8.18. The fraction of sp³-hybridized carbons (Fsp3) is 0.667. The van der Waals surface area contributed by atoms with Crippen LogP contribution >= 0.6 is 34.4 Å². The van der Waals surface area contributed by atoms with Crippen LogP contribution in [0.3, 0.4) is 0 Å². The quantitative estimate of drug-likeness (QED) is 0.813. The van der Waals surface area contributed by atoms with Gasteiger partial charge in [0.15, 0.2) is 0 Å². The zero-order valence-corrected chi connectivity index (χ0v) is 13.2. The number of hydrogen-bond acceptors (Lipinski definition) is 4. The zero-order valence-electron chi connectivity index (χ0n) is 10.2. The first-order chi connectivity index (χ1) is 8.11. The van der Waals surface area contributed by atoms with Crippen molar-refractivity contribution in [2.45, 2.75) is 50.0 Å². The van der Waals surface area contributed by atoms with E-state index in [2.05, 4.69) is 46.4 Å². The van der Waals surface area contributed by atoms with E-state index < -0.39 is 0 Å². The molecule has 94 valence electrons. The predicted octanol–water partition coefficient (Wildman–Crippen LogP) is 3.57. The van der Waals surface area contributed by atoms with Gasteiger partial charge in [-0.05, 0) is 41.9 Å². The summed E-state index contributed by atoms with van der Waals surface area (Å²) in [7, 11) is 0. The van der Waals surface area contributed by atoms with E-state index in [1.165, 1.54) is 25.0 Å². The van der Waals surface area contributed by atoms with E-state index in [0.717, 1.165) is 15.1 Å². The number of nitrogens with zero attached hydrogens (tertiary/aromatic N) is 2. The number of nitrogens with two attached hydrogens (primary N) is 1. The van der Waals surface area contributed by atoms with Crippen molar-refractivity contribution in [2.75, 3.05) is 5.73 Å². The highest BCUT2D eigenvalue weighted by atomic mass is 127. The molecule has 5 heteroatoms. The first kappa shape index (κ1) is 13.4. The lowest BCUT2D eigenvalue weighted by Gasteiger charge is -2.10. The number of nitrogen functional groups attached to an aromatic ring is 1. The molecule has 0 spiro atoms. The summed E-state index contributed by atoms with van der Waals surface area (Å²) >= 11 is 4.17. The van der Waals surface area contributed by atoms with Crippen LogP contribution in [0.1, 0.15) is 50.5 Å². The molecule has 1 saturated carbocycles. The molecule has 1 aromatic rings. The molecule has 2 N–H and O–H groups in total. The second-order valence-electron chi connectivity index (χ2n) is 4.53. The van der Waals surface area contributed by atoms with Gasteiger partial charge in [-0.2, -0.15) is 11.8 Å². The van der Waals surface area contributed by atoms with Gasteiger partial charge in [-0.3, -0.25) is 0 Å². The summed E-state index contributed by atoms with van der Waals surface area (Å²) in [4.78, 5) is 9.07. The molecule has 1 atom stereocenters. The summed E-state index contributed by atoms with van der Waals surface area (Å²) < 4.78 is 1.06. The van der Waals surface area contributed by atoms with E-state index >= 15 is 0 Å². The van der Waals surface area contributed by atoms with Gasteiger partial charge in [0.05, 0.1) is 15.0 Å². The SMILES string of the molecule is CCC(C)SCc1nc(N)c(I)c(C2CC2)n1. The molecule has 0 saturated heterocycles. The molecule has 0 aromatic carbocycles. The highest BCUT2D eigenvalue weighted by molar-refractivity contribution is 14.1. The summed E-state index contributed by atoms with van der Waals surface area (Å²) in [6.07, 6.45) is 3.69. The van der Waals surface area contributed by atoms with Gasteiger partial charge in [0.1, 0.15) is 11.6 Å². The Morgan fingerprint density at radius 1 is 1.47 bits per heavy atom. The second-order valence-corrected chi connectivity index (χ2v) is 7.03. The highest BCUT2D eigenvalue weighted by Crippen LogP contribution is 2.42. The predicted molar refractivity (Wildman–Crippen MR) is 82.2 cm³/mol. The minimum atomic E-state index is 0.638. The van der Waals surface area contributed by atoms with Crippen LogP contribution in [0.15, 0.2) is 0 Å². The van der Waals surface area contributed by atoms with E-state index in [4.69, 9.17) is 5.73 Å². The Morgan fingerprint density at radius 3 is 2.76 bits per heavy atom. The molecule has 1 aliphatic rings. The van der Waals surface area contributed by atoms with Crippen LogP contribution in [0.4, 0.5) is 5.82 Å². The van der Waals surface area contributed by atoms with Crippen molar-refractivity contribution in [1.82, 2.24) is 9.97 Å². The number of aromatic nitrogens is 2. The number of rotatable bonds is 5. The van der Waals surface area contributed by atoms with Crippen molar-refractivity contribution >= 4 is 40.2 Å². The Kier molecular flexibility index (Phi) is 4.52. The molecule has 0 radical (unpaired) electrons. The van der Waals surface area contributed by atoms with Gasteiger partial charge in [0.25, 0.3) is 0 Å². The van der Waals surface area contributed by atoms with Crippen LogP contribution in [0, 0.1) is 3.57 Å². The lowest BCUT2D eigenvalue weighted by molar-refractivity contribution is 0.892. The Labute approximate surface area is 121 Å². The molecular formula is C12H18IN3S. The smallest absolute Gasteiger partial charge is 0.140 e. The molecule has 1 aliphatic carbocycles. The largest absolute Gasteiger partial charge is 0.383 e. The van der Waals surface area contributed by atoms with Crippen LogP contribution in [-0.2, 0) is 5.75 Å². The van der Waals surface area contributed by atoms with Gasteiger partial charge < -0.3 is 5.73 Å². The third-order valence-electron chi connectivity index (χ3n) is 2.98. The summed E-state index contributed by atoms with van der Waals surface area (Å²) in [5.41, 5.74) is 7.14. The Bertz CT molecular complexity index is 407. The summed E-state index contributed by atoms with van der Waals surface area (Å²) in [5.74, 6) is 3.06. The van der Waals surface area contributed by atoms with Gasteiger partial charge in [-0.25, -0.2) is 9.97 Å². The molecule has 2 rings (SSSR count). The molecule has 1 unspecified atom stereocenters. The molecular weight excluding hydrogens is 345 g/mol. The maximum atomic E-state index is 5.96. The van der Waals surface area contributed by atoms with Crippen LogP contribution in [0.2, 0.25) is 0 Å². The lowest BCUT2D eigenvalue weighted by Crippen LogP contribution is -2.07. The fourth-order valence-electron chi connectivity index (χ4n) is 1.56. The minimum absolute atomic E-state index is 0.638. The molecule has 0 bridgehead atoms. The molecule has 0 amide bonds. The second kappa shape index (κ2) is 5.73. The fourth-order valence-corrected chi connectivity index (χ4v) is 3.04. The third-order valence-corrected chi connectivity index (χ3v) is 5.42. The lowest BCUT2D eigenvalue weighted by atomic mass is 10.3. The average molecular weight is 363 g/mol. The summed E-state index contributed by atoms with van der Waals surface area (Å²) in [5, 5.41) is 0.656. The number of anilines is 1. The van der Waals surface area contributed by atoms with Crippen molar-refractivity contribution in [1.29, 1.82) is 0 Å². The van der Waals surface area contributed by atoms with E-state index in [1.807, 2.05) is 11.8 Å². The van der Waals surface area contributed by atoms with Gasteiger partial charge in [0.2, 0.25) is 0 Å². The van der Waals surface area contributed by atoms with E-state index in [9.17, 15) is 0 Å². The number of thioether (sulfide) groups is 1. The zero-order chi connectivity index (χ0) is 12.4. The normalized spacial score (nSPS) is 17.1. The van der Waals surface area contributed by atoms with Gasteiger partial charge in [-0.1, -0.05) is 13.8 Å². The highest BCUT2D eigenvalue weighted by Gasteiger charge is 2.28. The maximum absolute atomic E-state index is 5.96. The van der Waals surface area contributed by atoms with Crippen molar-refractivity contribution in [3.05, 3.63) is 15.1 Å². The summed E-state index contributed by atoms with van der Waals surface area (Å²) in [6.45, 7) is 4.44. The molecule has 1 aromatic heterocycles. The summed E-state index contributed by atoms with van der Waals surface area (Å²) in [6, 6.07) is 0. The molecule has 1 heterocycles. The van der Waals surface area contributed by atoms with Crippen LogP contribution in [-0.4, -0.2) is 15.2 Å². The van der Waals surface area contributed by atoms with Crippen molar-refractivity contribution in [3.63, 3.8) is 0 Å². The van der Waals surface area contributed by atoms with Crippen molar-refractivity contribution < 1.29 is 0 Å². The van der Waals surface area contributed by atoms with Crippen molar-refractivity contribution in [2.24, 2.45) is 0 Å². The van der Waals surface area contributed by atoms with Gasteiger partial charge in [-0.15, -0.1) is 0 Å². The van der Waals surface area contributed by atoms with Crippen molar-refractivity contribution in [3.8, 4) is 0 Å². The first-order valence-electron chi connectivity index (χ1n) is 6.05. The van der Waals surface area contributed by atoms with Crippen LogP contribution in [0.5, 0.6) is 0 Å². The van der Waals surface area contributed by atoms with Gasteiger partial charge in [0, 0.05) is 11.2 Å². The standard InChI is InChI=1S/C12H18IN3S/c1-3-7(2)17-6-9-15-11(8-4-5-8)10(13)12(14)16-9/h7-8H,3-6H2,1-2H3,(H2,14,15,16). The third kappa shape index (κ3) is 3.47. The average Bonchev–Trinajstić information content (AvgIpc) is 3.14. The topological polar surface area (TPSA) is 51.8 Å². The maximum Gasteiger partial charge on any atom is 0.140 e. The molecule has 3 nitrogen and oxygen atoms in total. The van der Waals surface area contributed by atoms with Crippen LogP contribution in [0.25, 0.3) is 0 Å². The Balaban J connectivity index is 2.12. The monoisotopic (exact) mass is 363 g/mol. The number of hydrogen-bond donors (Lipinski definition) is 1. The van der Waals surface area contributed by atoms with Gasteiger partial charge >= 0.3 is 0 Å². The molecule has 0 aliphatic heterocycles. The molecule has 1 fully saturated rings. The molecule has 17 heavy (non-hydrogen) atoms. The van der Waals surface area contributed by atoms with Crippen LogP contribution < -0.4 is 5.73 Å².